The molecule has 0 saturated heterocycles. The smallest absolute Gasteiger partial charge is 1.00 e. The Morgan fingerprint density at radius 2 is 1.92 bits per heavy atom. The largest absolute Gasteiger partial charge is 1.00 e. The number of rotatable bonds is 2. The Morgan fingerprint density at radius 3 is 2.00 bits per heavy atom. The van der Waals surface area contributed by atoms with Gasteiger partial charge in [-0.2, -0.15) is 17.2 Å². The third kappa shape index (κ3) is 2.94. The molecule has 0 radical (unpaired) electrons. The predicted octanol–water partition coefficient (Wildman–Crippen LogP) is -3.24. The van der Waals surface area contributed by atoms with Crippen LogP contribution in [0.3, 0.4) is 0 Å². The summed E-state index contributed by atoms with van der Waals surface area (Å²) in [6, 6.07) is 0. The van der Waals surface area contributed by atoms with Gasteiger partial charge >= 0.3 is 50.9 Å². The van der Waals surface area contributed by atoms with E-state index in [9.17, 15) is 22.0 Å². The van der Waals surface area contributed by atoms with Crippen molar-refractivity contribution in [1.29, 1.82) is 0 Å². The molecule has 0 spiro atoms. The van der Waals surface area contributed by atoms with Crippen molar-refractivity contribution < 1.29 is 62.3 Å². The zero-order chi connectivity index (χ0) is 9.28. The van der Waals surface area contributed by atoms with Gasteiger partial charge in [-0.3, -0.25) is 4.55 Å². The molecule has 0 unspecified atom stereocenters. The molecule has 0 bridgehead atoms. The first-order valence-corrected chi connectivity index (χ1v) is 3.60. The molecule has 0 aromatic carbocycles. The van der Waals surface area contributed by atoms with Crippen molar-refractivity contribution >= 4 is 16.1 Å². The van der Waals surface area contributed by atoms with E-state index >= 15 is 0 Å². The van der Waals surface area contributed by atoms with Crippen LogP contribution in [0.1, 0.15) is 1.43 Å². The molecule has 68 valence electrons. The number of hydrogen-bond acceptors (Lipinski definition) is 4. The van der Waals surface area contributed by atoms with Crippen LogP contribution in [-0.4, -0.2) is 31.3 Å². The van der Waals surface area contributed by atoms with E-state index in [1.807, 2.05) is 0 Å². The molecule has 0 aliphatic rings. The molecule has 0 amide bonds. The fourth-order valence-electron chi connectivity index (χ4n) is 0.224. The third-order valence-corrected chi connectivity index (χ3v) is 1.56. The van der Waals surface area contributed by atoms with E-state index in [1.54, 1.807) is 0 Å². The molecule has 0 fully saturated rings. The first-order valence-electron chi connectivity index (χ1n) is 2.16. The number of alkyl halides is 2. The number of carbonyl (C=O) groups is 1. The normalized spacial score (nSPS) is 11.7. The Balaban J connectivity index is -0.000000500. The summed E-state index contributed by atoms with van der Waals surface area (Å²) in [6.07, 6.45) is 0. The van der Waals surface area contributed by atoms with Crippen molar-refractivity contribution in [3.63, 3.8) is 0 Å². The summed E-state index contributed by atoms with van der Waals surface area (Å²) in [4.78, 5) is 9.97. The quantitative estimate of drug-likeness (QED) is 0.297. The molecule has 0 aromatic heterocycles. The fourth-order valence-corrected chi connectivity index (χ4v) is 0.518. The second-order valence-corrected chi connectivity index (χ2v) is 2.95. The van der Waals surface area contributed by atoms with Crippen molar-refractivity contribution in [1.82, 2.24) is 0 Å². The molecule has 0 aliphatic carbocycles. The van der Waals surface area contributed by atoms with Crippen LogP contribution in [0.15, 0.2) is 0 Å². The number of methoxy groups -OCH3 is 1. The maximum atomic E-state index is 12.0. The van der Waals surface area contributed by atoms with Crippen LogP contribution in [0.4, 0.5) is 8.78 Å². The van der Waals surface area contributed by atoms with Gasteiger partial charge in [0, 0.05) is 0 Å². The molecule has 5 nitrogen and oxygen atoms in total. The van der Waals surface area contributed by atoms with E-state index in [-0.39, 0.29) is 31.0 Å². The molecular formula is C3H5F2NaO5S. The van der Waals surface area contributed by atoms with Gasteiger partial charge in [-0.15, -0.1) is 0 Å². The number of hydrogen-bond donors (Lipinski definition) is 1. The second-order valence-electron chi connectivity index (χ2n) is 1.48. The van der Waals surface area contributed by atoms with E-state index in [0.717, 1.165) is 0 Å². The Morgan fingerprint density at radius 1 is 1.58 bits per heavy atom. The Bertz CT molecular complexity index is 265. The molecule has 0 saturated carbocycles. The van der Waals surface area contributed by atoms with E-state index in [4.69, 9.17) is 4.55 Å². The summed E-state index contributed by atoms with van der Waals surface area (Å²) in [5.41, 5.74) is 0. The summed E-state index contributed by atoms with van der Waals surface area (Å²) in [5, 5.41) is -4.89. The number of ether oxygens (including phenoxy) is 1. The van der Waals surface area contributed by atoms with Crippen LogP contribution in [0.5, 0.6) is 0 Å². The van der Waals surface area contributed by atoms with Gasteiger partial charge in [0.15, 0.2) is 0 Å². The molecule has 9 heteroatoms. The molecule has 0 heterocycles. The first-order chi connectivity index (χ1) is 4.73. The minimum atomic E-state index is -5.72. The van der Waals surface area contributed by atoms with Gasteiger partial charge in [-0.05, 0) is 0 Å². The average molecular weight is 214 g/mol. The molecule has 0 aromatic rings. The molecule has 12 heavy (non-hydrogen) atoms. The van der Waals surface area contributed by atoms with Gasteiger partial charge in [0.1, 0.15) is 0 Å². The summed E-state index contributed by atoms with van der Waals surface area (Å²) in [5.74, 6) is -2.32. The topological polar surface area (TPSA) is 80.7 Å². The number of esters is 1. The molecule has 0 atom stereocenters. The van der Waals surface area contributed by atoms with Gasteiger partial charge in [-0.25, -0.2) is 4.79 Å². The van der Waals surface area contributed by atoms with Gasteiger partial charge in [0.25, 0.3) is 0 Å². The third-order valence-electron chi connectivity index (χ3n) is 0.747. The fraction of sp³-hybridized carbons (Fsp3) is 0.667. The van der Waals surface area contributed by atoms with Crippen LogP contribution in [-0.2, 0) is 19.6 Å². The monoisotopic (exact) mass is 214 g/mol. The number of carbonyl (C=O) groups excluding carboxylic acids is 1. The van der Waals surface area contributed by atoms with E-state index in [1.165, 1.54) is 0 Å². The van der Waals surface area contributed by atoms with E-state index in [2.05, 4.69) is 4.74 Å². The molecule has 0 rings (SSSR count). The van der Waals surface area contributed by atoms with Crippen LogP contribution in [0, 0.1) is 0 Å². The van der Waals surface area contributed by atoms with Gasteiger partial charge < -0.3 is 6.16 Å². The SMILES string of the molecule is COC(=O)C(F)(F)S(=O)(=O)O.[H-].[Na+]. The molecule has 1 N–H and O–H groups in total. The summed E-state index contributed by atoms with van der Waals surface area (Å²) in [6.45, 7) is 0. The standard InChI is InChI=1S/C3H4F2O5S.Na.H/c1-10-2(6)3(4,5)11(7,8)9;;/h1H3,(H,7,8,9);;/q;+1;-1. The summed E-state index contributed by atoms with van der Waals surface area (Å²) < 4.78 is 54.7. The van der Waals surface area contributed by atoms with Crippen molar-refractivity contribution in [2.24, 2.45) is 0 Å². The van der Waals surface area contributed by atoms with Crippen LogP contribution >= 0.6 is 0 Å². The van der Waals surface area contributed by atoms with E-state index < -0.39 is 21.3 Å². The average Bonchev–Trinajstić information content (AvgIpc) is 1.83. The first kappa shape index (κ1) is 14.7. The maximum Gasteiger partial charge on any atom is 1.00 e. The van der Waals surface area contributed by atoms with Crippen molar-refractivity contribution in [2.45, 2.75) is 5.25 Å². The minimum absolute atomic E-state index is 0. The van der Waals surface area contributed by atoms with Crippen molar-refractivity contribution in [3.05, 3.63) is 0 Å². The molecular weight excluding hydrogens is 209 g/mol. The summed E-state index contributed by atoms with van der Waals surface area (Å²) in [7, 11) is -5.15. The Hall–Kier alpha value is 0.240. The van der Waals surface area contributed by atoms with Crippen LogP contribution < -0.4 is 29.6 Å². The van der Waals surface area contributed by atoms with Gasteiger partial charge in [0.2, 0.25) is 0 Å². The predicted molar refractivity (Wildman–Crippen MR) is 29.6 cm³/mol. The molecule has 0 aliphatic heterocycles. The zero-order valence-corrected chi connectivity index (χ0v) is 9.06. The Kier molecular flexibility index (Phi) is 5.49. The van der Waals surface area contributed by atoms with Gasteiger partial charge in [0.05, 0.1) is 7.11 Å². The van der Waals surface area contributed by atoms with E-state index in [0.29, 0.717) is 7.11 Å². The van der Waals surface area contributed by atoms with Gasteiger partial charge in [-0.1, -0.05) is 0 Å². The minimum Gasteiger partial charge on any atom is -1.00 e. The zero-order valence-electron chi connectivity index (χ0n) is 7.24. The maximum absolute atomic E-state index is 12.0. The second kappa shape index (κ2) is 4.47. The Labute approximate surface area is 90.6 Å². The number of halogens is 2. The summed E-state index contributed by atoms with van der Waals surface area (Å²) >= 11 is 0. The van der Waals surface area contributed by atoms with Crippen LogP contribution in [0.2, 0.25) is 0 Å². The van der Waals surface area contributed by atoms with Crippen molar-refractivity contribution in [3.8, 4) is 0 Å². The van der Waals surface area contributed by atoms with Crippen LogP contribution in [0.25, 0.3) is 0 Å². The van der Waals surface area contributed by atoms with Crippen molar-refractivity contribution in [2.75, 3.05) is 7.11 Å².